The fourth-order valence-corrected chi connectivity index (χ4v) is 3.61. The number of halogens is 1. The normalized spacial score (nSPS) is 11.3. The van der Waals surface area contributed by atoms with Crippen LogP contribution in [0.4, 0.5) is 5.69 Å². The van der Waals surface area contributed by atoms with Crippen molar-refractivity contribution in [2.45, 2.75) is 34.1 Å². The fraction of sp³-hybridized carbons (Fsp3) is 0.200. The predicted octanol–water partition coefficient (Wildman–Crippen LogP) is 6.16. The van der Waals surface area contributed by atoms with E-state index in [1.165, 1.54) is 5.56 Å². The smallest absolute Gasteiger partial charge is 0.266 e. The van der Waals surface area contributed by atoms with Crippen LogP contribution in [0.15, 0.2) is 54.1 Å². The molecule has 1 heterocycles. The van der Waals surface area contributed by atoms with Gasteiger partial charge in [-0.1, -0.05) is 36.7 Å². The number of aryl methyl sites for hydroxylation is 3. The summed E-state index contributed by atoms with van der Waals surface area (Å²) in [4.78, 5) is 12.7. The number of amides is 1. The van der Waals surface area contributed by atoms with E-state index in [1.54, 1.807) is 18.2 Å². The minimum Gasteiger partial charge on any atom is -0.321 e. The van der Waals surface area contributed by atoms with Gasteiger partial charge in [0, 0.05) is 27.8 Å². The molecule has 5 heteroatoms. The summed E-state index contributed by atoms with van der Waals surface area (Å²) in [7, 11) is 0. The van der Waals surface area contributed by atoms with Gasteiger partial charge in [-0.05, 0) is 80.3 Å². The third-order valence-corrected chi connectivity index (χ3v) is 5.42. The van der Waals surface area contributed by atoms with Crippen LogP contribution in [0.3, 0.4) is 0 Å². The second-order valence-corrected chi connectivity index (χ2v) is 7.70. The van der Waals surface area contributed by atoms with Crippen LogP contribution in [-0.2, 0) is 11.2 Å². The number of hydrogen-bond acceptors (Lipinski definition) is 2. The van der Waals surface area contributed by atoms with Crippen molar-refractivity contribution in [2.75, 3.05) is 5.32 Å². The van der Waals surface area contributed by atoms with E-state index in [2.05, 4.69) is 41.1 Å². The number of nitrogens with one attached hydrogen (secondary N) is 1. The molecular weight excluding hydrogens is 394 g/mol. The summed E-state index contributed by atoms with van der Waals surface area (Å²) in [5, 5.41) is 12.9. The average molecular weight is 418 g/mol. The van der Waals surface area contributed by atoms with E-state index in [0.29, 0.717) is 10.7 Å². The molecule has 30 heavy (non-hydrogen) atoms. The molecule has 0 fully saturated rings. The van der Waals surface area contributed by atoms with Crippen molar-refractivity contribution in [2.24, 2.45) is 0 Å². The van der Waals surface area contributed by atoms with Crippen LogP contribution in [0.25, 0.3) is 11.8 Å². The number of carbonyl (C=O) groups is 1. The lowest BCUT2D eigenvalue weighted by atomic mass is 10.1. The Bertz CT molecular complexity index is 1160. The zero-order valence-electron chi connectivity index (χ0n) is 17.6. The number of aromatic nitrogens is 1. The summed E-state index contributed by atoms with van der Waals surface area (Å²) in [6.07, 6.45) is 2.62. The van der Waals surface area contributed by atoms with E-state index in [0.717, 1.165) is 34.6 Å². The highest BCUT2D eigenvalue weighted by atomic mass is 35.5. The lowest BCUT2D eigenvalue weighted by Crippen LogP contribution is -2.14. The molecule has 0 atom stereocenters. The lowest BCUT2D eigenvalue weighted by molar-refractivity contribution is -0.112. The van der Waals surface area contributed by atoms with Gasteiger partial charge < -0.3 is 9.88 Å². The first-order valence-electron chi connectivity index (χ1n) is 9.81. The van der Waals surface area contributed by atoms with Crippen LogP contribution in [-0.4, -0.2) is 10.5 Å². The maximum absolute atomic E-state index is 12.7. The van der Waals surface area contributed by atoms with Gasteiger partial charge in [-0.3, -0.25) is 4.79 Å². The molecule has 0 radical (unpaired) electrons. The van der Waals surface area contributed by atoms with Crippen molar-refractivity contribution < 1.29 is 4.79 Å². The zero-order valence-corrected chi connectivity index (χ0v) is 18.3. The summed E-state index contributed by atoms with van der Waals surface area (Å²) in [5.74, 6) is -0.458. The molecule has 0 aliphatic heterocycles. The highest BCUT2D eigenvalue weighted by Gasteiger charge is 2.15. The standard InChI is InChI=1S/C25H24ClN3O/c1-5-19-7-10-23(11-8-19)29-17(3)12-20(18(29)4)13-21(15-27)25(30)28-24-14-22(26)9-6-16(24)2/h6-14H,5H2,1-4H3,(H,28,30)/b21-13-. The molecule has 1 aromatic heterocycles. The second kappa shape index (κ2) is 9.02. The molecule has 1 amide bonds. The van der Waals surface area contributed by atoms with Crippen LogP contribution >= 0.6 is 11.6 Å². The van der Waals surface area contributed by atoms with Gasteiger partial charge >= 0.3 is 0 Å². The van der Waals surface area contributed by atoms with Gasteiger partial charge in [-0.2, -0.15) is 5.26 Å². The molecule has 4 nitrogen and oxygen atoms in total. The predicted molar refractivity (Wildman–Crippen MR) is 123 cm³/mol. The molecule has 0 spiro atoms. The van der Waals surface area contributed by atoms with Crippen molar-refractivity contribution in [3.05, 3.63) is 87.2 Å². The fourth-order valence-electron chi connectivity index (χ4n) is 3.43. The van der Waals surface area contributed by atoms with E-state index in [1.807, 2.05) is 39.0 Å². The molecule has 3 aromatic rings. The van der Waals surface area contributed by atoms with Crippen LogP contribution in [0.2, 0.25) is 5.02 Å². The Hall–Kier alpha value is -3.29. The molecule has 0 bridgehead atoms. The summed E-state index contributed by atoms with van der Waals surface area (Å²) in [6, 6.07) is 17.7. The largest absolute Gasteiger partial charge is 0.321 e. The number of anilines is 1. The average Bonchev–Trinajstić information content (AvgIpc) is 3.01. The molecule has 0 saturated carbocycles. The van der Waals surface area contributed by atoms with Crippen LogP contribution in [0.5, 0.6) is 0 Å². The molecule has 0 unspecified atom stereocenters. The van der Waals surface area contributed by atoms with Gasteiger partial charge in [-0.25, -0.2) is 0 Å². The highest BCUT2D eigenvalue weighted by molar-refractivity contribution is 6.31. The Labute approximate surface area is 182 Å². The monoisotopic (exact) mass is 417 g/mol. The molecule has 0 aliphatic carbocycles. The molecule has 0 aliphatic rings. The first-order valence-corrected chi connectivity index (χ1v) is 10.2. The number of benzene rings is 2. The zero-order chi connectivity index (χ0) is 21.8. The third kappa shape index (κ3) is 4.48. The molecule has 152 valence electrons. The lowest BCUT2D eigenvalue weighted by Gasteiger charge is -2.10. The molecule has 0 saturated heterocycles. The topological polar surface area (TPSA) is 57.8 Å². The molecular formula is C25H24ClN3O. The Morgan fingerprint density at radius 3 is 2.47 bits per heavy atom. The number of rotatable bonds is 5. The van der Waals surface area contributed by atoms with E-state index < -0.39 is 5.91 Å². The molecule has 3 rings (SSSR count). The van der Waals surface area contributed by atoms with Gasteiger partial charge in [0.15, 0.2) is 0 Å². The third-order valence-electron chi connectivity index (χ3n) is 5.19. The van der Waals surface area contributed by atoms with Crippen molar-refractivity contribution in [1.82, 2.24) is 4.57 Å². The van der Waals surface area contributed by atoms with E-state index in [-0.39, 0.29) is 5.57 Å². The minimum atomic E-state index is -0.458. The minimum absolute atomic E-state index is 0.0379. The van der Waals surface area contributed by atoms with Gasteiger partial charge in [-0.15, -0.1) is 0 Å². The van der Waals surface area contributed by atoms with Gasteiger partial charge in [0.05, 0.1) is 0 Å². The van der Waals surface area contributed by atoms with E-state index >= 15 is 0 Å². The molecule has 2 aromatic carbocycles. The maximum atomic E-state index is 12.7. The number of carbonyl (C=O) groups excluding carboxylic acids is 1. The SMILES string of the molecule is CCc1ccc(-n2c(C)cc(/C=C(/C#N)C(=O)Nc3cc(Cl)ccc3C)c2C)cc1. The van der Waals surface area contributed by atoms with Crippen LogP contribution in [0.1, 0.15) is 35.0 Å². The van der Waals surface area contributed by atoms with Crippen molar-refractivity contribution >= 4 is 29.3 Å². The van der Waals surface area contributed by atoms with E-state index in [9.17, 15) is 10.1 Å². The Morgan fingerprint density at radius 2 is 1.83 bits per heavy atom. The quantitative estimate of drug-likeness (QED) is 0.399. The second-order valence-electron chi connectivity index (χ2n) is 7.27. The summed E-state index contributed by atoms with van der Waals surface area (Å²) in [5.41, 5.74) is 6.68. The number of nitrogens with zero attached hydrogens (tertiary/aromatic N) is 2. The Morgan fingerprint density at radius 1 is 1.13 bits per heavy atom. The van der Waals surface area contributed by atoms with Crippen molar-refractivity contribution in [3.63, 3.8) is 0 Å². The van der Waals surface area contributed by atoms with Crippen molar-refractivity contribution in [3.8, 4) is 11.8 Å². The van der Waals surface area contributed by atoms with Gasteiger partial charge in [0.1, 0.15) is 11.6 Å². The van der Waals surface area contributed by atoms with Crippen LogP contribution in [0, 0.1) is 32.1 Å². The number of nitriles is 1. The Balaban J connectivity index is 1.93. The number of hydrogen-bond donors (Lipinski definition) is 1. The first kappa shape index (κ1) is 21.4. The summed E-state index contributed by atoms with van der Waals surface area (Å²) in [6.45, 7) is 8.00. The van der Waals surface area contributed by atoms with Gasteiger partial charge in [0.25, 0.3) is 5.91 Å². The summed E-state index contributed by atoms with van der Waals surface area (Å²) >= 11 is 6.03. The first-order chi connectivity index (χ1) is 14.3. The van der Waals surface area contributed by atoms with Gasteiger partial charge in [0.2, 0.25) is 0 Å². The molecule has 1 N–H and O–H groups in total. The summed E-state index contributed by atoms with van der Waals surface area (Å²) < 4.78 is 2.12. The van der Waals surface area contributed by atoms with Crippen LogP contribution < -0.4 is 5.32 Å². The Kier molecular flexibility index (Phi) is 6.44. The maximum Gasteiger partial charge on any atom is 0.266 e. The highest BCUT2D eigenvalue weighted by Crippen LogP contribution is 2.24. The van der Waals surface area contributed by atoms with E-state index in [4.69, 9.17) is 11.6 Å². The van der Waals surface area contributed by atoms with Crippen molar-refractivity contribution in [1.29, 1.82) is 5.26 Å².